The van der Waals surface area contributed by atoms with Crippen molar-refractivity contribution in [3.05, 3.63) is 69.4 Å². The molecule has 0 nitrogen and oxygen atoms in total. The van der Waals surface area contributed by atoms with Gasteiger partial charge in [0, 0.05) is 14.9 Å². The van der Waals surface area contributed by atoms with E-state index < -0.39 is 22.3 Å². The van der Waals surface area contributed by atoms with Crippen molar-refractivity contribution < 1.29 is 13.2 Å². The van der Waals surface area contributed by atoms with E-state index in [1.165, 1.54) is 18.2 Å². The topological polar surface area (TPSA) is 0 Å². The SMILES string of the molecule is Fc1cc(Br)ccc1C(Br)Cc1cccc(F)c1F. The van der Waals surface area contributed by atoms with Crippen LogP contribution in [0.25, 0.3) is 0 Å². The summed E-state index contributed by atoms with van der Waals surface area (Å²) < 4.78 is 41.0. The molecule has 0 N–H and O–H groups in total. The minimum atomic E-state index is -0.895. The Balaban J connectivity index is 2.25. The molecular formula is C14H9Br2F3. The van der Waals surface area contributed by atoms with Crippen LogP contribution in [0.3, 0.4) is 0 Å². The summed E-state index contributed by atoms with van der Waals surface area (Å²) in [7, 11) is 0. The molecule has 5 heteroatoms. The van der Waals surface area contributed by atoms with Crippen molar-refractivity contribution in [2.45, 2.75) is 11.2 Å². The fourth-order valence-corrected chi connectivity index (χ4v) is 2.82. The number of rotatable bonds is 3. The van der Waals surface area contributed by atoms with Gasteiger partial charge in [0.1, 0.15) is 5.82 Å². The summed E-state index contributed by atoms with van der Waals surface area (Å²) in [5.41, 5.74) is 0.621. The summed E-state index contributed by atoms with van der Waals surface area (Å²) in [4.78, 5) is -0.420. The summed E-state index contributed by atoms with van der Waals surface area (Å²) in [6.45, 7) is 0. The maximum Gasteiger partial charge on any atom is 0.162 e. The molecule has 0 bridgehead atoms. The van der Waals surface area contributed by atoms with Crippen LogP contribution in [0.1, 0.15) is 16.0 Å². The molecule has 0 amide bonds. The van der Waals surface area contributed by atoms with Crippen LogP contribution in [0, 0.1) is 17.5 Å². The number of hydrogen-bond donors (Lipinski definition) is 0. The maximum absolute atomic E-state index is 13.8. The van der Waals surface area contributed by atoms with E-state index in [1.54, 1.807) is 12.1 Å². The second-order valence-corrected chi connectivity index (χ2v) is 6.07. The highest BCUT2D eigenvalue weighted by atomic mass is 79.9. The minimum Gasteiger partial charge on any atom is -0.207 e. The Morgan fingerprint density at radius 1 is 1.00 bits per heavy atom. The fraction of sp³-hybridized carbons (Fsp3) is 0.143. The van der Waals surface area contributed by atoms with E-state index in [1.807, 2.05) is 0 Å². The molecule has 0 aliphatic heterocycles. The third-order valence-electron chi connectivity index (χ3n) is 2.73. The standard InChI is InChI=1S/C14H9Br2F3/c15-9-4-5-10(13(18)7-9)11(16)6-8-2-1-3-12(17)14(8)19/h1-5,7,11H,6H2. The lowest BCUT2D eigenvalue weighted by molar-refractivity contribution is 0.498. The van der Waals surface area contributed by atoms with Gasteiger partial charge in [0.15, 0.2) is 11.6 Å². The van der Waals surface area contributed by atoms with Crippen molar-refractivity contribution >= 4 is 31.9 Å². The van der Waals surface area contributed by atoms with Gasteiger partial charge in [-0.1, -0.05) is 50.1 Å². The van der Waals surface area contributed by atoms with Crippen molar-refractivity contribution in [3.63, 3.8) is 0 Å². The van der Waals surface area contributed by atoms with E-state index in [0.717, 1.165) is 6.07 Å². The second kappa shape index (κ2) is 6.09. The van der Waals surface area contributed by atoms with E-state index in [9.17, 15) is 13.2 Å². The van der Waals surface area contributed by atoms with Crippen LogP contribution >= 0.6 is 31.9 Å². The Morgan fingerprint density at radius 3 is 2.42 bits per heavy atom. The average Bonchev–Trinajstić information content (AvgIpc) is 2.34. The monoisotopic (exact) mass is 392 g/mol. The summed E-state index contributed by atoms with van der Waals surface area (Å²) in [5, 5.41) is 0. The molecule has 0 spiro atoms. The molecular weight excluding hydrogens is 385 g/mol. The molecule has 0 aromatic heterocycles. The minimum absolute atomic E-state index is 0.169. The Morgan fingerprint density at radius 2 is 1.74 bits per heavy atom. The van der Waals surface area contributed by atoms with Gasteiger partial charge in [0.05, 0.1) is 0 Å². The highest BCUT2D eigenvalue weighted by Crippen LogP contribution is 2.31. The molecule has 2 rings (SSSR count). The van der Waals surface area contributed by atoms with Gasteiger partial charge < -0.3 is 0 Å². The molecule has 0 aliphatic carbocycles. The highest BCUT2D eigenvalue weighted by Gasteiger charge is 2.17. The normalized spacial score (nSPS) is 12.5. The van der Waals surface area contributed by atoms with E-state index in [-0.39, 0.29) is 12.0 Å². The third kappa shape index (κ3) is 3.39. The molecule has 2 aromatic carbocycles. The molecule has 0 heterocycles. The van der Waals surface area contributed by atoms with Crippen LogP contribution in [-0.2, 0) is 6.42 Å². The lowest BCUT2D eigenvalue weighted by Gasteiger charge is -2.12. The van der Waals surface area contributed by atoms with Crippen molar-refractivity contribution in [2.24, 2.45) is 0 Å². The number of halogens is 5. The van der Waals surface area contributed by atoms with E-state index in [2.05, 4.69) is 31.9 Å². The first-order valence-electron chi connectivity index (χ1n) is 5.51. The van der Waals surface area contributed by atoms with Crippen LogP contribution in [-0.4, -0.2) is 0 Å². The Labute approximate surface area is 125 Å². The molecule has 2 aromatic rings. The van der Waals surface area contributed by atoms with Gasteiger partial charge in [-0.05, 0) is 30.2 Å². The van der Waals surface area contributed by atoms with Crippen LogP contribution < -0.4 is 0 Å². The third-order valence-corrected chi connectivity index (χ3v) is 4.04. The molecule has 19 heavy (non-hydrogen) atoms. The van der Waals surface area contributed by atoms with Crippen LogP contribution in [0.15, 0.2) is 40.9 Å². The first-order chi connectivity index (χ1) is 8.99. The van der Waals surface area contributed by atoms with E-state index in [0.29, 0.717) is 10.0 Å². The van der Waals surface area contributed by atoms with Gasteiger partial charge in [-0.3, -0.25) is 0 Å². The largest absolute Gasteiger partial charge is 0.207 e. The molecule has 1 unspecified atom stereocenters. The summed E-state index contributed by atoms with van der Waals surface area (Å²) in [5.74, 6) is -2.17. The zero-order valence-electron chi connectivity index (χ0n) is 9.64. The lowest BCUT2D eigenvalue weighted by atomic mass is 10.0. The predicted octanol–water partition coefficient (Wildman–Crippen LogP) is 5.55. The van der Waals surface area contributed by atoms with Gasteiger partial charge in [-0.15, -0.1) is 0 Å². The van der Waals surface area contributed by atoms with Crippen LogP contribution in [0.4, 0.5) is 13.2 Å². The summed E-state index contributed by atoms with van der Waals surface area (Å²) in [6, 6.07) is 8.63. The zero-order valence-corrected chi connectivity index (χ0v) is 12.8. The zero-order chi connectivity index (χ0) is 14.0. The number of alkyl halides is 1. The van der Waals surface area contributed by atoms with Crippen LogP contribution in [0.2, 0.25) is 0 Å². The molecule has 100 valence electrons. The van der Waals surface area contributed by atoms with Crippen molar-refractivity contribution in [1.29, 1.82) is 0 Å². The van der Waals surface area contributed by atoms with Crippen molar-refractivity contribution in [1.82, 2.24) is 0 Å². The maximum atomic E-state index is 13.8. The Bertz CT molecular complexity index is 599. The number of benzene rings is 2. The van der Waals surface area contributed by atoms with Crippen molar-refractivity contribution in [3.8, 4) is 0 Å². The highest BCUT2D eigenvalue weighted by molar-refractivity contribution is 9.10. The van der Waals surface area contributed by atoms with E-state index in [4.69, 9.17) is 0 Å². The Hall–Kier alpha value is -0.810. The summed E-state index contributed by atoms with van der Waals surface area (Å²) in [6.07, 6.45) is 0.169. The average molecular weight is 394 g/mol. The smallest absolute Gasteiger partial charge is 0.162 e. The molecule has 0 radical (unpaired) electrons. The summed E-state index contributed by atoms with van der Waals surface area (Å²) >= 11 is 6.48. The molecule has 0 fully saturated rings. The van der Waals surface area contributed by atoms with Gasteiger partial charge in [-0.25, -0.2) is 13.2 Å². The fourth-order valence-electron chi connectivity index (χ4n) is 1.76. The quantitative estimate of drug-likeness (QED) is 0.600. The molecule has 1 atom stereocenters. The van der Waals surface area contributed by atoms with E-state index >= 15 is 0 Å². The van der Waals surface area contributed by atoms with Crippen LogP contribution in [0.5, 0.6) is 0 Å². The first-order valence-corrected chi connectivity index (χ1v) is 7.22. The molecule has 0 saturated carbocycles. The predicted molar refractivity (Wildman–Crippen MR) is 75.8 cm³/mol. The van der Waals surface area contributed by atoms with Gasteiger partial charge in [0.2, 0.25) is 0 Å². The van der Waals surface area contributed by atoms with Gasteiger partial charge in [0.25, 0.3) is 0 Å². The Kier molecular flexibility index (Phi) is 4.68. The second-order valence-electron chi connectivity index (χ2n) is 4.05. The number of hydrogen-bond acceptors (Lipinski definition) is 0. The lowest BCUT2D eigenvalue weighted by Crippen LogP contribution is -2.02. The van der Waals surface area contributed by atoms with Gasteiger partial charge >= 0.3 is 0 Å². The van der Waals surface area contributed by atoms with Crippen molar-refractivity contribution in [2.75, 3.05) is 0 Å². The van der Waals surface area contributed by atoms with Gasteiger partial charge in [-0.2, -0.15) is 0 Å². The molecule has 0 aliphatic rings. The first kappa shape index (κ1) is 14.6. The molecule has 0 saturated heterocycles.